The summed E-state index contributed by atoms with van der Waals surface area (Å²) in [5.74, 6) is 1.07. The number of aliphatic hydroxyl groups excluding tert-OH is 1. The maximum Gasteiger partial charge on any atom is 0.135 e. The van der Waals surface area contributed by atoms with Crippen LogP contribution in [0.25, 0.3) is 0 Å². The van der Waals surface area contributed by atoms with E-state index in [0.29, 0.717) is 11.7 Å². The zero-order chi connectivity index (χ0) is 11.1. The average molecular weight is 212 g/mol. The van der Waals surface area contributed by atoms with Crippen LogP contribution >= 0.6 is 0 Å². The minimum atomic E-state index is 0.257. The molecule has 0 aliphatic heterocycles. The smallest absolute Gasteiger partial charge is 0.135 e. The van der Waals surface area contributed by atoms with Crippen LogP contribution in [0.4, 0.5) is 0 Å². The highest BCUT2D eigenvalue weighted by molar-refractivity contribution is 5.82. The van der Waals surface area contributed by atoms with Crippen LogP contribution < -0.4 is 0 Å². The lowest BCUT2D eigenvalue weighted by Crippen LogP contribution is -2.15. The summed E-state index contributed by atoms with van der Waals surface area (Å²) < 4.78 is 0. The van der Waals surface area contributed by atoms with E-state index in [2.05, 4.69) is 6.92 Å². The zero-order valence-corrected chi connectivity index (χ0v) is 9.87. The van der Waals surface area contributed by atoms with Crippen LogP contribution in [0.2, 0.25) is 0 Å². The van der Waals surface area contributed by atoms with Gasteiger partial charge in [0.25, 0.3) is 0 Å². The quantitative estimate of drug-likeness (QED) is 0.659. The van der Waals surface area contributed by atoms with Crippen molar-refractivity contribution in [2.75, 3.05) is 6.61 Å². The molecule has 88 valence electrons. The summed E-state index contributed by atoms with van der Waals surface area (Å²) in [5, 5.41) is 9.26. The third-order valence-corrected chi connectivity index (χ3v) is 3.52. The Balaban J connectivity index is 2.23. The molecule has 1 aliphatic carbocycles. The van der Waals surface area contributed by atoms with Gasteiger partial charge in [-0.05, 0) is 31.6 Å². The fourth-order valence-corrected chi connectivity index (χ4v) is 2.51. The van der Waals surface area contributed by atoms with Crippen LogP contribution in [0.15, 0.2) is 0 Å². The van der Waals surface area contributed by atoms with Crippen molar-refractivity contribution in [3.63, 3.8) is 0 Å². The Morgan fingerprint density at radius 3 is 2.80 bits per heavy atom. The normalized spacial score (nSPS) is 23.3. The molecular weight excluding hydrogens is 188 g/mol. The van der Waals surface area contributed by atoms with Gasteiger partial charge in [0.05, 0.1) is 0 Å². The molecule has 0 saturated heterocycles. The van der Waals surface area contributed by atoms with Gasteiger partial charge in [-0.3, -0.25) is 4.79 Å². The minimum absolute atomic E-state index is 0.257. The second-order valence-corrected chi connectivity index (χ2v) is 4.84. The summed E-state index contributed by atoms with van der Waals surface area (Å²) in [7, 11) is 0. The van der Waals surface area contributed by atoms with Gasteiger partial charge in [-0.25, -0.2) is 0 Å². The molecule has 1 N–H and O–H groups in total. The first-order valence-corrected chi connectivity index (χ1v) is 6.41. The van der Waals surface area contributed by atoms with E-state index in [9.17, 15) is 9.90 Å². The largest absolute Gasteiger partial charge is 0.396 e. The van der Waals surface area contributed by atoms with Gasteiger partial charge in [-0.15, -0.1) is 0 Å². The van der Waals surface area contributed by atoms with Crippen molar-refractivity contribution in [1.29, 1.82) is 0 Å². The summed E-state index contributed by atoms with van der Waals surface area (Å²) >= 11 is 0. The van der Waals surface area contributed by atoms with Crippen molar-refractivity contribution in [3.05, 3.63) is 0 Å². The lowest BCUT2D eigenvalue weighted by atomic mass is 9.89. The second kappa shape index (κ2) is 7.00. The first-order valence-electron chi connectivity index (χ1n) is 6.41. The van der Waals surface area contributed by atoms with E-state index in [-0.39, 0.29) is 12.5 Å². The monoisotopic (exact) mass is 212 g/mol. The number of carbonyl (C=O) groups excluding carboxylic acids is 1. The summed E-state index contributed by atoms with van der Waals surface area (Å²) in [6.07, 6.45) is 8.59. The molecule has 0 heterocycles. The summed E-state index contributed by atoms with van der Waals surface area (Å²) in [4.78, 5) is 11.5. The van der Waals surface area contributed by atoms with Gasteiger partial charge in [0.1, 0.15) is 5.78 Å². The molecule has 1 saturated carbocycles. The molecule has 0 bridgehead atoms. The van der Waals surface area contributed by atoms with Crippen molar-refractivity contribution in [3.8, 4) is 0 Å². The van der Waals surface area contributed by atoms with Crippen molar-refractivity contribution in [1.82, 2.24) is 0 Å². The van der Waals surface area contributed by atoms with E-state index < -0.39 is 0 Å². The maximum absolute atomic E-state index is 11.5. The Morgan fingerprint density at radius 1 is 1.47 bits per heavy atom. The predicted octanol–water partition coefficient (Wildman–Crippen LogP) is 2.93. The van der Waals surface area contributed by atoms with E-state index in [1.807, 2.05) is 0 Å². The Labute approximate surface area is 93.1 Å². The van der Waals surface area contributed by atoms with E-state index in [1.165, 1.54) is 19.3 Å². The molecule has 2 unspecified atom stereocenters. The van der Waals surface area contributed by atoms with E-state index in [4.69, 9.17) is 0 Å². The Kier molecular flexibility index (Phi) is 5.92. The second-order valence-electron chi connectivity index (χ2n) is 4.84. The number of hydrogen-bond donors (Lipinski definition) is 1. The van der Waals surface area contributed by atoms with Gasteiger partial charge in [0.15, 0.2) is 0 Å². The van der Waals surface area contributed by atoms with E-state index in [1.54, 1.807) is 0 Å². The Bertz CT molecular complexity index is 189. The fraction of sp³-hybridized carbons (Fsp3) is 0.923. The van der Waals surface area contributed by atoms with Gasteiger partial charge in [-0.1, -0.05) is 26.2 Å². The van der Waals surface area contributed by atoms with Crippen LogP contribution in [0.3, 0.4) is 0 Å². The molecule has 0 aromatic rings. The molecule has 0 radical (unpaired) electrons. The molecule has 0 aromatic heterocycles. The molecule has 15 heavy (non-hydrogen) atoms. The molecule has 1 rings (SSSR count). The van der Waals surface area contributed by atoms with E-state index in [0.717, 1.165) is 32.1 Å². The van der Waals surface area contributed by atoms with Gasteiger partial charge in [0, 0.05) is 18.9 Å². The highest BCUT2D eigenvalue weighted by Gasteiger charge is 2.26. The molecule has 0 spiro atoms. The third-order valence-electron chi connectivity index (χ3n) is 3.52. The highest BCUT2D eigenvalue weighted by atomic mass is 16.3. The van der Waals surface area contributed by atoms with Crippen LogP contribution in [0.5, 0.6) is 0 Å². The molecule has 1 aliphatic rings. The topological polar surface area (TPSA) is 37.3 Å². The van der Waals surface area contributed by atoms with Crippen LogP contribution in [0.1, 0.15) is 58.3 Å². The van der Waals surface area contributed by atoms with Crippen LogP contribution in [-0.4, -0.2) is 17.5 Å². The minimum Gasteiger partial charge on any atom is -0.396 e. The molecular formula is C13H24O2. The van der Waals surface area contributed by atoms with Crippen molar-refractivity contribution >= 4 is 5.78 Å². The lowest BCUT2D eigenvalue weighted by Gasteiger charge is -2.17. The Hall–Kier alpha value is -0.370. The Morgan fingerprint density at radius 2 is 2.27 bits per heavy atom. The average Bonchev–Trinajstić information content (AvgIpc) is 2.63. The number of unbranched alkanes of at least 4 members (excludes halogenated alkanes) is 2. The van der Waals surface area contributed by atoms with Gasteiger partial charge < -0.3 is 5.11 Å². The van der Waals surface area contributed by atoms with Gasteiger partial charge >= 0.3 is 0 Å². The predicted molar refractivity (Wildman–Crippen MR) is 61.7 cm³/mol. The maximum atomic E-state index is 11.5. The fourth-order valence-electron chi connectivity index (χ4n) is 2.51. The third kappa shape index (κ3) is 4.33. The summed E-state index contributed by atoms with van der Waals surface area (Å²) in [6, 6.07) is 0. The molecule has 0 aromatic carbocycles. The lowest BCUT2D eigenvalue weighted by molar-refractivity contribution is -0.121. The van der Waals surface area contributed by atoms with Crippen LogP contribution in [-0.2, 0) is 4.79 Å². The molecule has 2 nitrogen and oxygen atoms in total. The van der Waals surface area contributed by atoms with Gasteiger partial charge in [0.2, 0.25) is 0 Å². The number of carbonyl (C=O) groups is 1. The number of Topliss-reactive ketones (excluding diaryl/α,β-unsaturated/α-hetero) is 1. The van der Waals surface area contributed by atoms with Crippen molar-refractivity contribution in [2.24, 2.45) is 11.8 Å². The zero-order valence-electron chi connectivity index (χ0n) is 9.87. The first-order chi connectivity index (χ1) is 7.27. The van der Waals surface area contributed by atoms with Gasteiger partial charge in [-0.2, -0.15) is 0 Å². The van der Waals surface area contributed by atoms with E-state index >= 15 is 0 Å². The van der Waals surface area contributed by atoms with Crippen LogP contribution in [0, 0.1) is 11.8 Å². The number of rotatable bonds is 7. The standard InChI is InChI=1S/C13H24O2/c1-2-3-4-6-11(10-14)9-12-7-5-8-13(12)15/h11-12,14H,2-10H2,1H3. The number of ketones is 1. The SMILES string of the molecule is CCCCCC(CO)CC1CCCC1=O. The highest BCUT2D eigenvalue weighted by Crippen LogP contribution is 2.29. The molecule has 0 amide bonds. The molecule has 1 fully saturated rings. The first kappa shape index (κ1) is 12.7. The molecule has 2 atom stereocenters. The number of aliphatic hydroxyl groups is 1. The number of hydrogen-bond acceptors (Lipinski definition) is 2. The summed E-state index contributed by atoms with van der Waals surface area (Å²) in [6.45, 7) is 2.45. The summed E-state index contributed by atoms with van der Waals surface area (Å²) in [5.41, 5.74) is 0. The van der Waals surface area contributed by atoms with Crippen molar-refractivity contribution in [2.45, 2.75) is 58.3 Å². The molecule has 2 heteroatoms. The van der Waals surface area contributed by atoms with Crippen molar-refractivity contribution < 1.29 is 9.90 Å².